The van der Waals surface area contributed by atoms with Crippen LogP contribution in [0.4, 0.5) is 4.79 Å². The first-order valence-electron chi connectivity index (χ1n) is 19.9. The molecule has 6 N–H and O–H groups in total. The lowest BCUT2D eigenvalue weighted by Gasteiger charge is -2.33. The first-order valence-corrected chi connectivity index (χ1v) is 19.9. The maximum Gasteiger partial charge on any atom is 0.407 e. The van der Waals surface area contributed by atoms with E-state index in [1.165, 1.54) is 6.42 Å². The lowest BCUT2D eigenvalue weighted by atomic mass is 9.82. The number of hydrogen-bond donors (Lipinski definition) is 6. The molecule has 1 aliphatic carbocycles. The van der Waals surface area contributed by atoms with Gasteiger partial charge >= 0.3 is 6.09 Å². The van der Waals surface area contributed by atoms with E-state index in [0.29, 0.717) is 25.3 Å². The van der Waals surface area contributed by atoms with Crippen molar-refractivity contribution in [2.45, 2.75) is 156 Å². The molecule has 12 heteroatoms. The average molecular weight is 744 g/mol. The lowest BCUT2D eigenvalue weighted by molar-refractivity contribution is -0.134. The van der Waals surface area contributed by atoms with Gasteiger partial charge in [0, 0.05) is 25.4 Å². The van der Waals surface area contributed by atoms with Crippen LogP contribution in [0.5, 0.6) is 0 Å². The summed E-state index contributed by atoms with van der Waals surface area (Å²) in [4.78, 5) is 65.7. The van der Waals surface area contributed by atoms with Crippen LogP contribution >= 0.6 is 0 Å². The summed E-state index contributed by atoms with van der Waals surface area (Å²) in [6.45, 7) is 14.2. The molecule has 1 aromatic carbocycles. The van der Waals surface area contributed by atoms with Gasteiger partial charge in [-0.05, 0) is 54.9 Å². The molecular weight excluding hydrogens is 674 g/mol. The van der Waals surface area contributed by atoms with Crippen molar-refractivity contribution in [3.63, 3.8) is 0 Å². The molecule has 0 aromatic heterocycles. The van der Waals surface area contributed by atoms with Gasteiger partial charge in [0.2, 0.25) is 23.6 Å². The molecule has 0 aliphatic heterocycles. The quantitative estimate of drug-likeness (QED) is 0.0849. The van der Waals surface area contributed by atoms with Crippen LogP contribution < -0.4 is 26.6 Å². The third kappa shape index (κ3) is 18.8. The van der Waals surface area contributed by atoms with Gasteiger partial charge < -0.3 is 36.4 Å². The fourth-order valence-electron chi connectivity index (χ4n) is 6.62. The monoisotopic (exact) mass is 744 g/mol. The van der Waals surface area contributed by atoms with E-state index in [2.05, 4.69) is 33.5 Å². The van der Waals surface area contributed by atoms with Crippen molar-refractivity contribution >= 4 is 29.7 Å². The van der Waals surface area contributed by atoms with Crippen LogP contribution in [0.15, 0.2) is 30.3 Å². The molecule has 1 aromatic rings. The number of nitrogens with one attached hydrogen (secondary N) is 5. The van der Waals surface area contributed by atoms with Gasteiger partial charge in [-0.25, -0.2) is 4.79 Å². The Bertz CT molecular complexity index is 1260. The van der Waals surface area contributed by atoms with Gasteiger partial charge in [0.25, 0.3) is 0 Å². The summed E-state index contributed by atoms with van der Waals surface area (Å²) in [5.41, 5.74) is 0.552. The minimum Gasteiger partial charge on any atom is -0.445 e. The van der Waals surface area contributed by atoms with Crippen LogP contribution in [0.1, 0.15) is 131 Å². The fourth-order valence-corrected chi connectivity index (χ4v) is 6.62. The molecule has 2 rings (SSSR count). The average Bonchev–Trinajstić information content (AvgIpc) is 3.10. The number of alkyl carbamates (subject to hydrolysis) is 1. The van der Waals surface area contributed by atoms with Crippen molar-refractivity contribution in [3.05, 3.63) is 35.9 Å². The molecule has 1 aliphatic rings. The van der Waals surface area contributed by atoms with Crippen LogP contribution in [0.25, 0.3) is 0 Å². The molecule has 5 amide bonds. The van der Waals surface area contributed by atoms with Gasteiger partial charge in [-0.15, -0.1) is 0 Å². The molecule has 0 saturated heterocycles. The van der Waals surface area contributed by atoms with E-state index >= 15 is 0 Å². The molecule has 0 unspecified atom stereocenters. The van der Waals surface area contributed by atoms with Gasteiger partial charge in [0.1, 0.15) is 18.7 Å². The molecule has 1 saturated carbocycles. The minimum absolute atomic E-state index is 0.119. The number of aliphatic hydroxyl groups is 1. The Hall–Kier alpha value is -3.67. The molecule has 5 atom stereocenters. The third-order valence-corrected chi connectivity index (χ3v) is 9.72. The highest BCUT2D eigenvalue weighted by Crippen LogP contribution is 2.29. The van der Waals surface area contributed by atoms with Crippen molar-refractivity contribution in [1.82, 2.24) is 26.6 Å². The number of amides is 5. The Labute approximate surface area is 318 Å². The molecule has 0 heterocycles. The second-order valence-electron chi connectivity index (χ2n) is 16.4. The molecule has 0 bridgehead atoms. The third-order valence-electron chi connectivity index (χ3n) is 9.72. The Morgan fingerprint density at radius 3 is 2.13 bits per heavy atom. The van der Waals surface area contributed by atoms with Crippen LogP contribution in [0.3, 0.4) is 0 Å². The second kappa shape index (κ2) is 23.9. The molecule has 12 nitrogen and oxygen atoms in total. The number of aliphatic hydroxyl groups excluding tert-OH is 1. The van der Waals surface area contributed by atoms with Crippen LogP contribution in [-0.4, -0.2) is 72.1 Å². The fraction of sp³-hybridized carbons (Fsp3) is 0.732. The number of hydrogen-bond acceptors (Lipinski definition) is 7. The van der Waals surface area contributed by atoms with Crippen LogP contribution in [0, 0.1) is 23.2 Å². The molecule has 0 spiro atoms. The van der Waals surface area contributed by atoms with E-state index in [-0.39, 0.29) is 55.6 Å². The van der Waals surface area contributed by atoms with Gasteiger partial charge in [-0.1, -0.05) is 117 Å². The standard InChI is InChI=1S/C41H69N5O7/c1-8-9-22-42-37(49)29(4)24-34(47)33(25-30-17-12-10-13-18-30)45-39(51)36(28(2)3)46-38(50)32(44-35(48)26-41(5,6)7)21-16-23-43-40(52)53-27-31-19-14-11-15-20-31/h11,14-15,19-20,28-30,32-34,36,47H,8-10,12-13,16-18,21-27H2,1-7H3,(H,42,49)(H,43,52)(H,44,48)(H,45,51)(H,46,50)/t29-,32+,33+,34+,36+/m1/s1. The summed E-state index contributed by atoms with van der Waals surface area (Å²) in [6.07, 6.45) is 7.31. The number of ether oxygens (including phenoxy) is 1. The number of rotatable bonds is 22. The normalized spacial score (nSPS) is 16.4. The smallest absolute Gasteiger partial charge is 0.407 e. The predicted octanol–water partition coefficient (Wildman–Crippen LogP) is 5.51. The number of carbonyl (C=O) groups excluding carboxylic acids is 5. The zero-order valence-electron chi connectivity index (χ0n) is 33.4. The Balaban J connectivity index is 2.11. The number of carbonyl (C=O) groups is 5. The molecule has 1 fully saturated rings. The highest BCUT2D eigenvalue weighted by molar-refractivity contribution is 5.92. The van der Waals surface area contributed by atoms with Crippen LogP contribution in [-0.2, 0) is 30.5 Å². The summed E-state index contributed by atoms with van der Waals surface area (Å²) >= 11 is 0. The van der Waals surface area contributed by atoms with Gasteiger partial charge in [0.15, 0.2) is 0 Å². The van der Waals surface area contributed by atoms with Crippen molar-refractivity contribution in [2.24, 2.45) is 23.2 Å². The van der Waals surface area contributed by atoms with Gasteiger partial charge in [0.05, 0.1) is 12.1 Å². The van der Waals surface area contributed by atoms with E-state index < -0.39 is 48.1 Å². The zero-order chi connectivity index (χ0) is 39.4. The topological polar surface area (TPSA) is 175 Å². The summed E-state index contributed by atoms with van der Waals surface area (Å²) in [5.74, 6) is -1.73. The number of benzene rings is 1. The molecule has 53 heavy (non-hydrogen) atoms. The van der Waals surface area contributed by atoms with Crippen molar-refractivity contribution in [2.75, 3.05) is 13.1 Å². The Morgan fingerprint density at radius 2 is 1.51 bits per heavy atom. The van der Waals surface area contributed by atoms with Crippen molar-refractivity contribution < 1.29 is 33.8 Å². The van der Waals surface area contributed by atoms with Gasteiger partial charge in [-0.3, -0.25) is 19.2 Å². The highest BCUT2D eigenvalue weighted by Gasteiger charge is 2.34. The second-order valence-corrected chi connectivity index (χ2v) is 16.4. The Morgan fingerprint density at radius 1 is 0.849 bits per heavy atom. The molecule has 300 valence electrons. The van der Waals surface area contributed by atoms with Crippen molar-refractivity contribution in [1.29, 1.82) is 0 Å². The van der Waals surface area contributed by atoms with E-state index in [4.69, 9.17) is 4.74 Å². The summed E-state index contributed by atoms with van der Waals surface area (Å²) in [5, 5.41) is 25.9. The predicted molar refractivity (Wildman–Crippen MR) is 207 cm³/mol. The maximum absolute atomic E-state index is 13.9. The SMILES string of the molecule is CCCCNC(=O)[C@H](C)C[C@H](O)[C@H](CC1CCCCC1)NC(=O)[C@@H](NC(=O)[C@H](CCCNC(=O)OCc1ccccc1)NC(=O)CC(C)(C)C)C(C)C. The van der Waals surface area contributed by atoms with Crippen LogP contribution in [0.2, 0.25) is 0 Å². The van der Waals surface area contributed by atoms with Crippen molar-refractivity contribution in [3.8, 4) is 0 Å². The highest BCUT2D eigenvalue weighted by atomic mass is 16.5. The van der Waals surface area contributed by atoms with E-state index in [0.717, 1.165) is 44.1 Å². The Kier molecular flexibility index (Phi) is 20.5. The first kappa shape index (κ1) is 45.5. The largest absolute Gasteiger partial charge is 0.445 e. The van der Waals surface area contributed by atoms with E-state index in [1.54, 1.807) is 6.92 Å². The zero-order valence-corrected chi connectivity index (χ0v) is 33.4. The summed E-state index contributed by atoms with van der Waals surface area (Å²) < 4.78 is 5.27. The molecule has 0 radical (unpaired) electrons. The summed E-state index contributed by atoms with van der Waals surface area (Å²) in [6, 6.07) is 6.84. The maximum atomic E-state index is 13.9. The molecular formula is C41H69N5O7. The first-order chi connectivity index (χ1) is 25.1. The summed E-state index contributed by atoms with van der Waals surface area (Å²) in [7, 11) is 0. The van der Waals surface area contributed by atoms with E-state index in [9.17, 15) is 29.1 Å². The number of unbranched alkanes of at least 4 members (excludes halogenated alkanes) is 1. The van der Waals surface area contributed by atoms with E-state index in [1.807, 2.05) is 65.0 Å². The lowest BCUT2D eigenvalue weighted by Crippen LogP contribution is -2.58. The van der Waals surface area contributed by atoms with Gasteiger partial charge in [-0.2, -0.15) is 0 Å². The minimum atomic E-state index is -0.951.